The third-order valence-corrected chi connectivity index (χ3v) is 4.84. The van der Waals surface area contributed by atoms with Crippen LogP contribution in [0.3, 0.4) is 0 Å². The molecule has 0 radical (unpaired) electrons. The molecule has 0 aromatic heterocycles. The van der Waals surface area contributed by atoms with Gasteiger partial charge >= 0.3 is 0 Å². The minimum Gasteiger partial charge on any atom is -0.490 e. The van der Waals surface area contributed by atoms with Crippen LogP contribution in [0.5, 0.6) is 11.5 Å². The van der Waals surface area contributed by atoms with Crippen molar-refractivity contribution in [3.8, 4) is 11.5 Å². The minimum absolute atomic E-state index is 0.339. The summed E-state index contributed by atoms with van der Waals surface area (Å²) in [5.74, 6) is 1.39. The first-order valence-corrected chi connectivity index (χ1v) is 9.71. The second-order valence-electron chi connectivity index (χ2n) is 5.88. The molecule has 0 heterocycles. The van der Waals surface area contributed by atoms with Crippen LogP contribution in [0.1, 0.15) is 31.9 Å². The zero-order chi connectivity index (χ0) is 18.4. The Morgan fingerprint density at radius 1 is 1.04 bits per heavy atom. The van der Waals surface area contributed by atoms with Gasteiger partial charge in [0.25, 0.3) is 0 Å². The van der Waals surface area contributed by atoms with Crippen LogP contribution >= 0.6 is 39.1 Å². The summed E-state index contributed by atoms with van der Waals surface area (Å²) in [6.07, 6.45) is 0. The highest BCUT2D eigenvalue weighted by molar-refractivity contribution is 9.10. The van der Waals surface area contributed by atoms with E-state index in [1.165, 1.54) is 0 Å². The van der Waals surface area contributed by atoms with Crippen molar-refractivity contribution in [1.29, 1.82) is 0 Å². The second kappa shape index (κ2) is 9.67. The molecule has 0 bridgehead atoms. The van der Waals surface area contributed by atoms with E-state index in [1.54, 1.807) is 12.1 Å². The van der Waals surface area contributed by atoms with Gasteiger partial charge in [-0.25, -0.2) is 0 Å². The van der Waals surface area contributed by atoms with Gasteiger partial charge in [-0.15, -0.1) is 0 Å². The smallest absolute Gasteiger partial charge is 0.162 e. The molecule has 0 aliphatic heterocycles. The lowest BCUT2D eigenvalue weighted by molar-refractivity contribution is 0.269. The van der Waals surface area contributed by atoms with Crippen LogP contribution in [-0.2, 0) is 13.2 Å². The molecule has 0 aliphatic rings. The zero-order valence-electron chi connectivity index (χ0n) is 14.5. The van der Waals surface area contributed by atoms with Crippen LogP contribution in [0, 0.1) is 0 Å². The normalized spacial score (nSPS) is 11.0. The van der Waals surface area contributed by atoms with Gasteiger partial charge in [0.05, 0.1) is 6.61 Å². The summed E-state index contributed by atoms with van der Waals surface area (Å²) >= 11 is 15.8. The van der Waals surface area contributed by atoms with Gasteiger partial charge in [-0.1, -0.05) is 59.0 Å². The molecule has 1 N–H and O–H groups in total. The summed E-state index contributed by atoms with van der Waals surface area (Å²) < 4.78 is 12.7. The summed E-state index contributed by atoms with van der Waals surface area (Å²) in [5, 5.41) is 4.60. The standard InChI is InChI=1S/C19H22BrCl2NO2/c1-4-24-18-7-14(10-23-12(2)3)16(20)9-19(18)25-11-13-5-6-15(21)8-17(13)22/h5-9,12,23H,4,10-11H2,1-3H3. The largest absolute Gasteiger partial charge is 0.490 e. The van der Waals surface area contributed by atoms with Gasteiger partial charge in [0, 0.05) is 32.7 Å². The number of rotatable bonds is 8. The molecule has 0 saturated carbocycles. The van der Waals surface area contributed by atoms with Crippen molar-refractivity contribution in [3.63, 3.8) is 0 Å². The Bertz CT molecular complexity index is 723. The molecule has 2 aromatic rings. The monoisotopic (exact) mass is 445 g/mol. The fraction of sp³-hybridized carbons (Fsp3) is 0.368. The highest BCUT2D eigenvalue weighted by Crippen LogP contribution is 2.35. The maximum Gasteiger partial charge on any atom is 0.162 e. The first kappa shape index (κ1) is 20.4. The third kappa shape index (κ3) is 6.07. The fourth-order valence-corrected chi connectivity index (χ4v) is 3.13. The summed E-state index contributed by atoms with van der Waals surface area (Å²) in [7, 11) is 0. The van der Waals surface area contributed by atoms with E-state index in [0.717, 1.165) is 27.9 Å². The van der Waals surface area contributed by atoms with Crippen molar-refractivity contribution in [2.45, 2.75) is 40.0 Å². The minimum atomic E-state index is 0.339. The fourth-order valence-electron chi connectivity index (χ4n) is 2.20. The van der Waals surface area contributed by atoms with Crippen molar-refractivity contribution >= 4 is 39.1 Å². The summed E-state index contributed by atoms with van der Waals surface area (Å²) in [6.45, 7) is 7.84. The van der Waals surface area contributed by atoms with Gasteiger partial charge in [0.2, 0.25) is 0 Å². The van der Waals surface area contributed by atoms with Crippen LogP contribution in [0.15, 0.2) is 34.8 Å². The summed E-state index contributed by atoms with van der Waals surface area (Å²) in [5.41, 5.74) is 1.99. The molecule has 0 amide bonds. The topological polar surface area (TPSA) is 30.5 Å². The second-order valence-corrected chi connectivity index (χ2v) is 7.58. The van der Waals surface area contributed by atoms with Crippen LogP contribution in [0.4, 0.5) is 0 Å². The van der Waals surface area contributed by atoms with Gasteiger partial charge in [0.15, 0.2) is 11.5 Å². The average molecular weight is 447 g/mol. The Balaban J connectivity index is 2.19. The van der Waals surface area contributed by atoms with Crippen molar-refractivity contribution in [3.05, 3.63) is 56.0 Å². The van der Waals surface area contributed by atoms with Gasteiger partial charge in [0.1, 0.15) is 6.61 Å². The maximum absolute atomic E-state index is 6.21. The summed E-state index contributed by atoms with van der Waals surface area (Å²) in [6, 6.07) is 9.72. The number of halogens is 3. The lowest BCUT2D eigenvalue weighted by Crippen LogP contribution is -2.22. The molecule has 2 aromatic carbocycles. The SMILES string of the molecule is CCOc1cc(CNC(C)C)c(Br)cc1OCc1ccc(Cl)cc1Cl. The third-order valence-electron chi connectivity index (χ3n) is 3.51. The number of benzene rings is 2. The number of hydrogen-bond donors (Lipinski definition) is 1. The van der Waals surface area contributed by atoms with E-state index in [0.29, 0.717) is 35.1 Å². The van der Waals surface area contributed by atoms with E-state index >= 15 is 0 Å². The Hall–Kier alpha value is -0.940. The lowest BCUT2D eigenvalue weighted by atomic mass is 10.2. The van der Waals surface area contributed by atoms with E-state index in [2.05, 4.69) is 35.1 Å². The molecule has 3 nitrogen and oxygen atoms in total. The van der Waals surface area contributed by atoms with Crippen LogP contribution in [0.25, 0.3) is 0 Å². The van der Waals surface area contributed by atoms with E-state index in [9.17, 15) is 0 Å². The van der Waals surface area contributed by atoms with Crippen LogP contribution in [0.2, 0.25) is 10.0 Å². The van der Waals surface area contributed by atoms with E-state index in [1.807, 2.05) is 25.1 Å². The Morgan fingerprint density at radius 2 is 1.76 bits per heavy atom. The number of hydrogen-bond acceptors (Lipinski definition) is 3. The van der Waals surface area contributed by atoms with Crippen LogP contribution in [-0.4, -0.2) is 12.6 Å². The highest BCUT2D eigenvalue weighted by Gasteiger charge is 2.12. The van der Waals surface area contributed by atoms with E-state index in [-0.39, 0.29) is 0 Å². The molecular weight excluding hydrogens is 425 g/mol. The summed E-state index contributed by atoms with van der Waals surface area (Å²) in [4.78, 5) is 0. The van der Waals surface area contributed by atoms with Gasteiger partial charge in [-0.05, 0) is 36.8 Å². The van der Waals surface area contributed by atoms with Crippen molar-refractivity contribution in [2.75, 3.05) is 6.61 Å². The van der Waals surface area contributed by atoms with E-state index < -0.39 is 0 Å². The molecule has 0 saturated heterocycles. The maximum atomic E-state index is 6.21. The van der Waals surface area contributed by atoms with Gasteiger partial charge in [-0.2, -0.15) is 0 Å². The quantitative estimate of drug-likeness (QED) is 0.521. The lowest BCUT2D eigenvalue weighted by Gasteiger charge is -2.16. The van der Waals surface area contributed by atoms with E-state index in [4.69, 9.17) is 32.7 Å². The molecule has 25 heavy (non-hydrogen) atoms. The van der Waals surface area contributed by atoms with Crippen molar-refractivity contribution in [1.82, 2.24) is 5.32 Å². The molecule has 0 spiro atoms. The number of nitrogens with one attached hydrogen (secondary N) is 1. The van der Waals surface area contributed by atoms with Gasteiger partial charge < -0.3 is 14.8 Å². The molecule has 0 unspecified atom stereocenters. The highest BCUT2D eigenvalue weighted by atomic mass is 79.9. The predicted molar refractivity (Wildman–Crippen MR) is 108 cm³/mol. The predicted octanol–water partition coefficient (Wildman–Crippen LogP) is 6.23. The molecular formula is C19H22BrCl2NO2. The van der Waals surface area contributed by atoms with Gasteiger partial charge in [-0.3, -0.25) is 0 Å². The van der Waals surface area contributed by atoms with Crippen LogP contribution < -0.4 is 14.8 Å². The molecule has 136 valence electrons. The molecule has 2 rings (SSSR count). The molecule has 0 atom stereocenters. The first-order chi connectivity index (χ1) is 11.9. The average Bonchev–Trinajstić information content (AvgIpc) is 2.54. The molecule has 0 fully saturated rings. The molecule has 0 aliphatic carbocycles. The zero-order valence-corrected chi connectivity index (χ0v) is 17.6. The Labute approximate surface area is 167 Å². The van der Waals surface area contributed by atoms with Crippen molar-refractivity contribution < 1.29 is 9.47 Å². The first-order valence-electron chi connectivity index (χ1n) is 8.16. The molecule has 6 heteroatoms. The Morgan fingerprint density at radius 3 is 2.40 bits per heavy atom. The van der Waals surface area contributed by atoms with Crippen molar-refractivity contribution in [2.24, 2.45) is 0 Å². The Kier molecular flexibility index (Phi) is 7.88. The number of ether oxygens (including phenoxy) is 2.